The Morgan fingerprint density at radius 2 is 1.57 bits per heavy atom. The minimum absolute atomic E-state index is 0.100. The van der Waals surface area contributed by atoms with Crippen molar-refractivity contribution < 1.29 is 19.1 Å². The van der Waals surface area contributed by atoms with Crippen LogP contribution in [0.1, 0.15) is 70.3 Å². The summed E-state index contributed by atoms with van der Waals surface area (Å²) in [5.74, 6) is 1.53. The van der Waals surface area contributed by atoms with E-state index in [4.69, 9.17) is 9.16 Å². The van der Waals surface area contributed by atoms with Crippen LogP contribution in [0, 0.1) is 0 Å². The monoisotopic (exact) mass is 495 g/mol. The maximum atomic E-state index is 13.5. The number of carbonyl (C=O) groups is 1. The fourth-order valence-corrected chi connectivity index (χ4v) is 11.6. The number of hydrogen-bond acceptors (Lipinski definition) is 5. The molecule has 0 bridgehead atoms. The average Bonchev–Trinajstić information content (AvgIpc) is 2.83. The lowest BCUT2D eigenvalue weighted by Crippen LogP contribution is -2.53. The molecule has 0 aliphatic carbocycles. The molecular formula is C29H41NO4Si. The van der Waals surface area contributed by atoms with Gasteiger partial charge in [0.25, 0.3) is 8.32 Å². The molecule has 5 nitrogen and oxygen atoms in total. The lowest BCUT2D eigenvalue weighted by atomic mass is 9.83. The van der Waals surface area contributed by atoms with Crippen LogP contribution in [-0.4, -0.2) is 49.8 Å². The molecule has 4 rings (SSSR count). The Labute approximate surface area is 211 Å². The maximum Gasteiger partial charge on any atom is 0.258 e. The molecule has 1 saturated heterocycles. The molecule has 0 spiro atoms. The molecule has 2 aliphatic rings. The summed E-state index contributed by atoms with van der Waals surface area (Å²) in [4.78, 5) is 15.6. The Morgan fingerprint density at radius 1 is 0.971 bits per heavy atom. The van der Waals surface area contributed by atoms with Gasteiger partial charge in [0, 0.05) is 19.2 Å². The second kappa shape index (κ2) is 10.1. The summed E-state index contributed by atoms with van der Waals surface area (Å²) in [6, 6.07) is 15.3. The summed E-state index contributed by atoms with van der Waals surface area (Å²) < 4.78 is 12.9. The minimum Gasteiger partial charge on any atom is -0.543 e. The third kappa shape index (κ3) is 4.80. The van der Waals surface area contributed by atoms with Crippen LogP contribution in [-0.2, 0) is 5.60 Å². The van der Waals surface area contributed by atoms with Crippen molar-refractivity contribution in [3.63, 3.8) is 0 Å². The largest absolute Gasteiger partial charge is 0.543 e. The summed E-state index contributed by atoms with van der Waals surface area (Å²) in [5, 5.41) is 11.2. The quantitative estimate of drug-likeness (QED) is 0.466. The van der Waals surface area contributed by atoms with Gasteiger partial charge in [-0.15, -0.1) is 0 Å². The number of aliphatic hydroxyl groups is 1. The predicted octanol–water partition coefficient (Wildman–Crippen LogP) is 6.17. The Bertz CT molecular complexity index is 1010. The third-order valence-corrected chi connectivity index (χ3v) is 14.3. The van der Waals surface area contributed by atoms with Gasteiger partial charge in [0.15, 0.2) is 5.78 Å². The summed E-state index contributed by atoms with van der Waals surface area (Å²) in [6.45, 7) is 15.3. The highest BCUT2D eigenvalue weighted by Gasteiger charge is 2.47. The number of benzene rings is 2. The van der Waals surface area contributed by atoms with Crippen LogP contribution in [0.25, 0.3) is 0 Å². The van der Waals surface area contributed by atoms with Crippen molar-refractivity contribution in [3.05, 3.63) is 59.7 Å². The molecule has 1 fully saturated rings. The van der Waals surface area contributed by atoms with Gasteiger partial charge in [0.05, 0.1) is 11.2 Å². The minimum atomic E-state index is -2.09. The molecule has 1 N–H and O–H groups in total. The van der Waals surface area contributed by atoms with Gasteiger partial charge in [-0.05, 0) is 47.2 Å². The molecule has 1 atom stereocenters. The van der Waals surface area contributed by atoms with Gasteiger partial charge < -0.3 is 14.3 Å². The van der Waals surface area contributed by atoms with E-state index < -0.39 is 13.9 Å². The molecule has 1 unspecified atom stereocenters. The topological polar surface area (TPSA) is 59.0 Å². The van der Waals surface area contributed by atoms with Crippen molar-refractivity contribution in [2.24, 2.45) is 0 Å². The highest BCUT2D eigenvalue weighted by Crippen LogP contribution is 2.44. The fourth-order valence-electron chi connectivity index (χ4n) is 6.38. The molecular weight excluding hydrogens is 454 g/mol. The number of ketones is 1. The fraction of sp³-hybridized carbons (Fsp3) is 0.552. The highest BCUT2D eigenvalue weighted by atomic mass is 28.4. The molecule has 2 heterocycles. The normalized spacial score (nSPS) is 20.7. The van der Waals surface area contributed by atoms with Crippen molar-refractivity contribution in [3.8, 4) is 11.5 Å². The van der Waals surface area contributed by atoms with Crippen LogP contribution in [0.5, 0.6) is 11.5 Å². The standard InChI is InChI=1S/C29H41NO4Si/c1-20(2)35(21(3)4,22(5)6)34-24-12-13-25-27(18-24)33-19-26(28(25)31)30-16-14-29(32,15-17-30)23-10-8-7-9-11-23/h7-13,18,20-22,26,32H,14-17,19H2,1-6H3. The number of rotatable bonds is 7. The molecule has 0 radical (unpaired) electrons. The molecule has 35 heavy (non-hydrogen) atoms. The number of hydrogen-bond donors (Lipinski definition) is 1. The van der Waals surface area contributed by atoms with E-state index in [0.717, 1.165) is 11.3 Å². The average molecular weight is 496 g/mol. The summed E-state index contributed by atoms with van der Waals surface area (Å²) in [5.41, 5.74) is 2.16. The SMILES string of the molecule is CC(C)[Si](Oc1ccc2c(c1)OCC(N1CCC(O)(c3ccccc3)CC1)C2=O)(C(C)C)C(C)C. The van der Waals surface area contributed by atoms with E-state index in [0.29, 0.717) is 60.5 Å². The first-order valence-electron chi connectivity index (χ1n) is 13.1. The predicted molar refractivity (Wildman–Crippen MR) is 143 cm³/mol. The van der Waals surface area contributed by atoms with Gasteiger partial charge in [-0.3, -0.25) is 9.69 Å². The summed E-state index contributed by atoms with van der Waals surface area (Å²) in [6.07, 6.45) is 1.21. The van der Waals surface area contributed by atoms with Crippen LogP contribution in [0.2, 0.25) is 16.6 Å². The molecule has 0 aromatic heterocycles. The first-order valence-corrected chi connectivity index (χ1v) is 15.2. The molecule has 0 amide bonds. The van der Waals surface area contributed by atoms with E-state index in [1.807, 2.05) is 48.5 Å². The lowest BCUT2D eigenvalue weighted by Gasteiger charge is -2.43. The number of carbonyl (C=O) groups excluding carboxylic acids is 1. The number of fused-ring (bicyclic) bond motifs is 1. The van der Waals surface area contributed by atoms with Gasteiger partial charge in [0.1, 0.15) is 24.1 Å². The zero-order valence-corrected chi connectivity index (χ0v) is 23.1. The number of Topliss-reactive ketones (excluding diaryl/α,β-unsaturated/α-hetero) is 1. The molecule has 2 aliphatic heterocycles. The molecule has 190 valence electrons. The zero-order chi connectivity index (χ0) is 25.4. The maximum absolute atomic E-state index is 13.5. The van der Waals surface area contributed by atoms with E-state index >= 15 is 0 Å². The lowest BCUT2D eigenvalue weighted by molar-refractivity contribution is -0.0379. The van der Waals surface area contributed by atoms with Gasteiger partial charge in [0.2, 0.25) is 0 Å². The molecule has 2 aromatic carbocycles. The second-order valence-corrected chi connectivity index (χ2v) is 16.6. The Morgan fingerprint density at radius 3 is 2.14 bits per heavy atom. The Hall–Kier alpha value is -2.15. The first kappa shape index (κ1) is 25.9. The second-order valence-electron chi connectivity index (χ2n) is 11.2. The number of likely N-dealkylation sites (tertiary alicyclic amines) is 1. The van der Waals surface area contributed by atoms with E-state index in [9.17, 15) is 9.90 Å². The Kier molecular flexibility index (Phi) is 7.46. The van der Waals surface area contributed by atoms with Crippen LogP contribution in [0.15, 0.2) is 48.5 Å². The third-order valence-electron chi connectivity index (χ3n) is 8.30. The van der Waals surface area contributed by atoms with Gasteiger partial charge >= 0.3 is 0 Å². The van der Waals surface area contributed by atoms with Gasteiger partial charge in [-0.2, -0.15) is 0 Å². The Balaban J connectivity index is 1.48. The zero-order valence-electron chi connectivity index (χ0n) is 22.1. The summed E-state index contributed by atoms with van der Waals surface area (Å²) in [7, 11) is -2.09. The highest BCUT2D eigenvalue weighted by molar-refractivity contribution is 6.78. The van der Waals surface area contributed by atoms with Crippen LogP contribution >= 0.6 is 0 Å². The molecule has 2 aromatic rings. The van der Waals surface area contributed by atoms with Crippen molar-refractivity contribution in [2.75, 3.05) is 19.7 Å². The van der Waals surface area contributed by atoms with Gasteiger partial charge in [-0.1, -0.05) is 71.9 Å². The first-order chi connectivity index (χ1) is 16.6. The van der Waals surface area contributed by atoms with E-state index in [2.05, 4.69) is 46.4 Å². The van der Waals surface area contributed by atoms with Crippen molar-refractivity contribution in [2.45, 2.75) is 82.7 Å². The van der Waals surface area contributed by atoms with Gasteiger partial charge in [-0.25, -0.2) is 0 Å². The van der Waals surface area contributed by atoms with Crippen LogP contribution < -0.4 is 9.16 Å². The number of piperidine rings is 1. The van der Waals surface area contributed by atoms with E-state index in [1.165, 1.54) is 0 Å². The van der Waals surface area contributed by atoms with Crippen LogP contribution in [0.4, 0.5) is 0 Å². The van der Waals surface area contributed by atoms with E-state index in [-0.39, 0.29) is 11.8 Å². The number of nitrogens with zero attached hydrogens (tertiary/aromatic N) is 1. The smallest absolute Gasteiger partial charge is 0.258 e. The van der Waals surface area contributed by atoms with Crippen molar-refractivity contribution in [1.82, 2.24) is 4.90 Å². The molecule has 0 saturated carbocycles. The van der Waals surface area contributed by atoms with Crippen molar-refractivity contribution >= 4 is 14.1 Å². The summed E-state index contributed by atoms with van der Waals surface area (Å²) >= 11 is 0. The molecule has 6 heteroatoms. The van der Waals surface area contributed by atoms with E-state index in [1.54, 1.807) is 0 Å². The van der Waals surface area contributed by atoms with Crippen LogP contribution in [0.3, 0.4) is 0 Å². The number of ether oxygens (including phenoxy) is 1. The van der Waals surface area contributed by atoms with Crippen molar-refractivity contribution in [1.29, 1.82) is 0 Å².